The van der Waals surface area contributed by atoms with Crippen LogP contribution in [0.4, 0.5) is 5.82 Å². The third kappa shape index (κ3) is 4.87. The van der Waals surface area contributed by atoms with Crippen LogP contribution in [-0.4, -0.2) is 26.6 Å². The van der Waals surface area contributed by atoms with Crippen LogP contribution in [0.2, 0.25) is 0 Å². The van der Waals surface area contributed by atoms with Crippen molar-refractivity contribution in [1.29, 1.82) is 0 Å². The topological polar surface area (TPSA) is 134 Å². The maximum Gasteiger partial charge on any atom is 1.00 e. The number of carbonyl (C=O) groups excluding carboxylic acids is 2. The summed E-state index contributed by atoms with van der Waals surface area (Å²) in [5.74, 6) is -1.08. The zero-order valence-electron chi connectivity index (χ0n) is 17.3. The second-order valence-electron chi connectivity index (χ2n) is 6.63. The largest absolute Gasteiger partial charge is 1.00 e. The van der Waals surface area contributed by atoms with Gasteiger partial charge in [0.1, 0.15) is 23.0 Å². The molecule has 2 heterocycles. The van der Waals surface area contributed by atoms with Gasteiger partial charge >= 0.3 is 51.4 Å². The molecule has 0 spiro atoms. The smallest absolute Gasteiger partial charge is 0.545 e. The third-order valence-corrected chi connectivity index (χ3v) is 4.91. The number of ketones is 1. The van der Waals surface area contributed by atoms with Gasteiger partial charge in [-0.1, -0.05) is 12.1 Å². The number of anilines is 1. The summed E-state index contributed by atoms with van der Waals surface area (Å²) in [6.07, 6.45) is 2.42. The minimum Gasteiger partial charge on any atom is -0.545 e. The van der Waals surface area contributed by atoms with Gasteiger partial charge in [-0.2, -0.15) is 0 Å². The molecule has 8 nitrogen and oxygen atoms in total. The summed E-state index contributed by atoms with van der Waals surface area (Å²) < 4.78 is 6.97. The van der Waals surface area contributed by atoms with Crippen LogP contribution in [0, 0.1) is 0 Å². The van der Waals surface area contributed by atoms with Crippen molar-refractivity contribution in [2.45, 2.75) is 39.7 Å². The van der Waals surface area contributed by atoms with E-state index in [1.54, 1.807) is 31.2 Å². The number of aryl methyl sites for hydroxylation is 2. The van der Waals surface area contributed by atoms with Gasteiger partial charge in [-0.3, -0.25) is 4.79 Å². The van der Waals surface area contributed by atoms with E-state index in [0.29, 0.717) is 24.4 Å². The van der Waals surface area contributed by atoms with Gasteiger partial charge in [-0.25, -0.2) is 0 Å². The van der Waals surface area contributed by atoms with Gasteiger partial charge < -0.3 is 29.8 Å². The van der Waals surface area contributed by atoms with E-state index < -0.39 is 5.97 Å². The molecular formula is C21H22KN3O5. The Morgan fingerprint density at radius 2 is 1.90 bits per heavy atom. The Kier molecular flexibility index (Phi) is 8.45. The van der Waals surface area contributed by atoms with Crippen molar-refractivity contribution in [3.63, 3.8) is 0 Å². The van der Waals surface area contributed by atoms with E-state index in [-0.39, 0.29) is 92.7 Å². The Morgan fingerprint density at radius 3 is 2.47 bits per heavy atom. The van der Waals surface area contributed by atoms with Gasteiger partial charge in [0.15, 0.2) is 5.78 Å². The number of benzene rings is 1. The fraction of sp³-hybridized carbons (Fsp3) is 0.286. The number of phenols is 1. The van der Waals surface area contributed by atoms with Crippen molar-refractivity contribution in [3.05, 3.63) is 52.9 Å². The van der Waals surface area contributed by atoms with Gasteiger partial charge in [-0.15, -0.1) is 0 Å². The van der Waals surface area contributed by atoms with Gasteiger partial charge in [0.25, 0.3) is 0 Å². The molecule has 0 saturated heterocycles. The van der Waals surface area contributed by atoms with Gasteiger partial charge in [0, 0.05) is 47.8 Å². The molecule has 3 rings (SSSR count). The van der Waals surface area contributed by atoms with Crippen molar-refractivity contribution >= 4 is 17.6 Å². The standard InChI is InChI=1S/C21H23N3O5.K/c1-3-14-17(29-23-19(14)12-5-7-13(25)8-6-12)10-9-16(26)15-11-24(4-2)20(22)18(15)21(27)28;/h5-8,11,25H,3-4,9-10,22H2,1-2H3,(H,27,28);/q;+1/p-1. The van der Waals surface area contributed by atoms with E-state index in [2.05, 4.69) is 5.16 Å². The quantitative estimate of drug-likeness (QED) is 0.349. The molecule has 3 N–H and O–H groups in total. The number of phenolic OH excluding ortho intramolecular Hbond substituents is 1. The number of carboxylic acids is 1. The van der Waals surface area contributed by atoms with E-state index in [9.17, 15) is 19.8 Å². The number of aromatic carboxylic acids is 1. The SMILES string of the molecule is CCc1c(-c2ccc(O)cc2)noc1CCC(=O)c1cn(CC)c(N)c1C(=O)[O-].[K+]. The van der Waals surface area contributed by atoms with Crippen molar-refractivity contribution < 1.29 is 75.7 Å². The van der Waals surface area contributed by atoms with Crippen molar-refractivity contribution in [2.24, 2.45) is 0 Å². The summed E-state index contributed by atoms with van der Waals surface area (Å²) in [6.45, 7) is 4.20. The Morgan fingerprint density at radius 1 is 1.23 bits per heavy atom. The first-order valence-corrected chi connectivity index (χ1v) is 9.37. The number of rotatable bonds is 8. The number of aromatic hydroxyl groups is 1. The summed E-state index contributed by atoms with van der Waals surface area (Å²) in [7, 11) is 0. The molecule has 0 fully saturated rings. The number of carbonyl (C=O) groups is 2. The second-order valence-corrected chi connectivity index (χ2v) is 6.63. The third-order valence-electron chi connectivity index (χ3n) is 4.91. The number of hydrogen-bond acceptors (Lipinski definition) is 7. The Labute approximate surface area is 216 Å². The zero-order chi connectivity index (χ0) is 21.1. The first-order chi connectivity index (χ1) is 13.9. The molecule has 9 heteroatoms. The number of aromatic nitrogens is 2. The molecule has 0 aliphatic carbocycles. The molecule has 30 heavy (non-hydrogen) atoms. The predicted octanol–water partition coefficient (Wildman–Crippen LogP) is -0.804. The van der Waals surface area contributed by atoms with Crippen LogP contribution in [0.5, 0.6) is 5.75 Å². The van der Waals surface area contributed by atoms with Crippen LogP contribution in [-0.2, 0) is 19.4 Å². The normalized spacial score (nSPS) is 10.6. The fourth-order valence-electron chi connectivity index (χ4n) is 3.37. The summed E-state index contributed by atoms with van der Waals surface area (Å²) >= 11 is 0. The first kappa shape index (κ1) is 24.4. The molecule has 3 aromatic rings. The van der Waals surface area contributed by atoms with Crippen LogP contribution in [0.3, 0.4) is 0 Å². The summed E-state index contributed by atoms with van der Waals surface area (Å²) in [6, 6.07) is 6.61. The van der Waals surface area contributed by atoms with E-state index in [1.165, 1.54) is 10.8 Å². The molecule has 0 amide bonds. The van der Waals surface area contributed by atoms with Crippen LogP contribution in [0.15, 0.2) is 35.0 Å². The van der Waals surface area contributed by atoms with Crippen molar-refractivity contribution in [2.75, 3.05) is 5.73 Å². The maximum absolute atomic E-state index is 12.7. The molecule has 0 radical (unpaired) electrons. The van der Waals surface area contributed by atoms with Gasteiger partial charge in [0.2, 0.25) is 0 Å². The molecule has 0 aliphatic rings. The fourth-order valence-corrected chi connectivity index (χ4v) is 3.37. The number of Topliss-reactive ketones (excluding diaryl/α,β-unsaturated/α-hetero) is 1. The van der Waals surface area contributed by atoms with Crippen LogP contribution < -0.4 is 62.2 Å². The zero-order valence-corrected chi connectivity index (χ0v) is 20.4. The van der Waals surface area contributed by atoms with Crippen molar-refractivity contribution in [3.8, 4) is 17.0 Å². The first-order valence-electron chi connectivity index (χ1n) is 9.37. The molecule has 0 bridgehead atoms. The molecule has 0 saturated carbocycles. The molecular weight excluding hydrogens is 413 g/mol. The van der Waals surface area contributed by atoms with E-state index in [0.717, 1.165) is 11.1 Å². The molecule has 1 aromatic carbocycles. The average molecular weight is 436 g/mol. The Bertz CT molecular complexity index is 1050. The summed E-state index contributed by atoms with van der Waals surface area (Å²) in [5, 5.41) is 25.0. The Hall–Kier alpha value is -1.91. The number of hydrogen-bond donors (Lipinski definition) is 2. The average Bonchev–Trinajstić information content (AvgIpc) is 3.27. The second kappa shape index (κ2) is 10.4. The van der Waals surface area contributed by atoms with Crippen LogP contribution in [0.1, 0.15) is 52.3 Å². The molecule has 0 unspecified atom stereocenters. The Balaban J connectivity index is 0.00000320. The molecule has 152 valence electrons. The molecule has 2 aromatic heterocycles. The van der Waals surface area contributed by atoms with Gasteiger partial charge in [-0.05, 0) is 37.6 Å². The monoisotopic (exact) mass is 435 g/mol. The number of nitrogens with zero attached hydrogens (tertiary/aromatic N) is 2. The van der Waals surface area contributed by atoms with Gasteiger partial charge in [0.05, 0.1) is 5.97 Å². The maximum atomic E-state index is 12.7. The van der Waals surface area contributed by atoms with Crippen LogP contribution in [0.25, 0.3) is 11.3 Å². The summed E-state index contributed by atoms with van der Waals surface area (Å²) in [4.78, 5) is 24.1. The number of carboxylic acid groups (broad SMARTS) is 1. The minimum absolute atomic E-state index is 0. The summed E-state index contributed by atoms with van der Waals surface area (Å²) in [5.41, 5.74) is 7.93. The number of nitrogens with two attached hydrogens (primary N) is 1. The van der Waals surface area contributed by atoms with Crippen molar-refractivity contribution in [1.82, 2.24) is 9.72 Å². The van der Waals surface area contributed by atoms with Crippen LogP contribution >= 0.6 is 0 Å². The van der Waals surface area contributed by atoms with E-state index in [1.807, 2.05) is 6.92 Å². The van der Waals surface area contributed by atoms with E-state index in [4.69, 9.17) is 10.3 Å². The molecule has 0 aliphatic heterocycles. The minimum atomic E-state index is -1.47. The molecule has 0 atom stereocenters. The van der Waals surface area contributed by atoms with E-state index >= 15 is 0 Å². The predicted molar refractivity (Wildman–Crippen MR) is 104 cm³/mol. The number of nitrogen functional groups attached to an aromatic ring is 1.